The van der Waals surface area contributed by atoms with Crippen molar-refractivity contribution in [2.45, 2.75) is 33.4 Å². The van der Waals surface area contributed by atoms with Crippen LogP contribution in [-0.4, -0.2) is 28.4 Å². The summed E-state index contributed by atoms with van der Waals surface area (Å²) < 4.78 is 0. The fraction of sp³-hybridized carbons (Fsp3) is 0.467. The first-order chi connectivity index (χ1) is 9.41. The topological polar surface area (TPSA) is 83.6 Å². The van der Waals surface area contributed by atoms with E-state index < -0.39 is 11.4 Å². The molecule has 1 aromatic carbocycles. The number of nitrogens with two attached hydrogens (primary N) is 1. The third-order valence-electron chi connectivity index (χ3n) is 4.21. The van der Waals surface area contributed by atoms with Crippen molar-refractivity contribution < 1.29 is 14.7 Å². The minimum atomic E-state index is -0.946. The van der Waals surface area contributed by atoms with Gasteiger partial charge in [-0.1, -0.05) is 13.0 Å². The normalized spacial score (nSPS) is 16.6. The molecule has 0 saturated carbocycles. The van der Waals surface area contributed by atoms with Crippen molar-refractivity contribution in [3.8, 4) is 0 Å². The van der Waals surface area contributed by atoms with Gasteiger partial charge in [-0.25, -0.2) is 4.79 Å². The zero-order chi connectivity index (χ0) is 14.9. The molecule has 1 aliphatic rings. The summed E-state index contributed by atoms with van der Waals surface area (Å²) in [5, 5.41) is 9.00. The molecule has 3 N–H and O–H groups in total. The number of amides is 1. The number of fused-ring (bicyclic) bond motifs is 1. The van der Waals surface area contributed by atoms with Gasteiger partial charge in [0.1, 0.15) is 0 Å². The van der Waals surface area contributed by atoms with Crippen LogP contribution in [0.25, 0.3) is 0 Å². The van der Waals surface area contributed by atoms with E-state index in [2.05, 4.69) is 0 Å². The maximum atomic E-state index is 12.5. The Hall–Kier alpha value is -1.88. The molecule has 5 heteroatoms. The summed E-state index contributed by atoms with van der Waals surface area (Å²) in [5.41, 5.74) is 7.37. The molecule has 0 bridgehead atoms. The van der Waals surface area contributed by atoms with Gasteiger partial charge in [-0.2, -0.15) is 0 Å². The maximum absolute atomic E-state index is 12.5. The number of hydrogen-bond acceptors (Lipinski definition) is 3. The molecule has 1 aromatic rings. The van der Waals surface area contributed by atoms with Crippen LogP contribution in [0.3, 0.4) is 0 Å². The van der Waals surface area contributed by atoms with Gasteiger partial charge in [0.25, 0.3) is 0 Å². The summed E-state index contributed by atoms with van der Waals surface area (Å²) in [5.74, 6) is -0.909. The minimum Gasteiger partial charge on any atom is -0.478 e. The lowest BCUT2D eigenvalue weighted by atomic mass is 9.86. The first-order valence-electron chi connectivity index (χ1n) is 6.76. The van der Waals surface area contributed by atoms with Gasteiger partial charge in [0.2, 0.25) is 5.91 Å². The lowest BCUT2D eigenvalue weighted by Gasteiger charge is -2.30. The molecule has 0 radical (unpaired) electrons. The highest BCUT2D eigenvalue weighted by atomic mass is 16.4. The largest absolute Gasteiger partial charge is 0.478 e. The number of carbonyl (C=O) groups excluding carboxylic acids is 1. The number of carboxylic acid groups (broad SMARTS) is 1. The summed E-state index contributed by atoms with van der Waals surface area (Å²) in [6.07, 6.45) is 0.690. The Balaban J connectivity index is 2.21. The van der Waals surface area contributed by atoms with Crippen molar-refractivity contribution in [1.82, 2.24) is 4.90 Å². The van der Waals surface area contributed by atoms with Gasteiger partial charge in [0.05, 0.1) is 11.0 Å². The molecular formula is C15H20N2O3. The molecule has 1 unspecified atom stereocenters. The third kappa shape index (κ3) is 2.41. The van der Waals surface area contributed by atoms with Crippen LogP contribution in [0.1, 0.15) is 41.8 Å². The van der Waals surface area contributed by atoms with Gasteiger partial charge in [-0.05, 0) is 36.6 Å². The molecule has 0 fully saturated rings. The zero-order valence-electron chi connectivity index (χ0n) is 11.8. The van der Waals surface area contributed by atoms with Crippen molar-refractivity contribution >= 4 is 11.9 Å². The Labute approximate surface area is 118 Å². The van der Waals surface area contributed by atoms with E-state index in [0.717, 1.165) is 11.1 Å². The quantitative estimate of drug-likeness (QED) is 0.875. The predicted octanol–water partition coefficient (Wildman–Crippen LogP) is 1.60. The molecule has 0 spiro atoms. The van der Waals surface area contributed by atoms with E-state index in [1.807, 2.05) is 13.8 Å². The highest BCUT2D eigenvalue weighted by molar-refractivity contribution is 5.88. The second-order valence-electron chi connectivity index (χ2n) is 5.57. The van der Waals surface area contributed by atoms with Crippen LogP contribution in [0.2, 0.25) is 0 Å². The van der Waals surface area contributed by atoms with E-state index in [1.165, 1.54) is 0 Å². The summed E-state index contributed by atoms with van der Waals surface area (Å²) in [4.78, 5) is 25.3. The number of hydrogen-bond donors (Lipinski definition) is 2. The van der Waals surface area contributed by atoms with E-state index in [9.17, 15) is 9.59 Å². The van der Waals surface area contributed by atoms with Gasteiger partial charge in [-0.3, -0.25) is 4.79 Å². The van der Waals surface area contributed by atoms with Gasteiger partial charge in [-0.15, -0.1) is 0 Å². The van der Waals surface area contributed by atoms with Crippen LogP contribution >= 0.6 is 0 Å². The molecule has 1 atom stereocenters. The predicted molar refractivity (Wildman–Crippen MR) is 75.1 cm³/mol. The molecule has 5 nitrogen and oxygen atoms in total. The number of rotatable bonds is 4. The molecule has 108 valence electrons. The first kappa shape index (κ1) is 14.5. The second kappa shape index (κ2) is 5.25. The minimum absolute atomic E-state index is 0.0376. The van der Waals surface area contributed by atoms with E-state index in [4.69, 9.17) is 10.8 Å². The number of carboxylic acids is 1. The van der Waals surface area contributed by atoms with Crippen LogP contribution in [0, 0.1) is 5.41 Å². The van der Waals surface area contributed by atoms with Gasteiger partial charge >= 0.3 is 5.97 Å². The fourth-order valence-electron chi connectivity index (χ4n) is 2.44. The highest BCUT2D eigenvalue weighted by Crippen LogP contribution is 2.30. The van der Waals surface area contributed by atoms with Crippen LogP contribution in [-0.2, 0) is 17.9 Å². The molecule has 0 saturated heterocycles. The van der Waals surface area contributed by atoms with Crippen LogP contribution in [0.4, 0.5) is 0 Å². The first-order valence-corrected chi connectivity index (χ1v) is 6.76. The molecular weight excluding hydrogens is 256 g/mol. The summed E-state index contributed by atoms with van der Waals surface area (Å²) in [6, 6.07) is 5.02. The Bertz CT molecular complexity index is 550. The van der Waals surface area contributed by atoms with Gasteiger partial charge in [0.15, 0.2) is 0 Å². The van der Waals surface area contributed by atoms with E-state index in [0.29, 0.717) is 26.1 Å². The molecule has 20 heavy (non-hydrogen) atoms. The Morgan fingerprint density at radius 1 is 1.35 bits per heavy atom. The van der Waals surface area contributed by atoms with E-state index in [-0.39, 0.29) is 11.5 Å². The molecule has 0 aliphatic carbocycles. The lowest BCUT2D eigenvalue weighted by molar-refractivity contribution is -0.141. The number of benzene rings is 1. The number of nitrogens with zero attached hydrogens (tertiary/aromatic N) is 1. The number of carbonyl (C=O) groups is 2. The fourth-order valence-corrected chi connectivity index (χ4v) is 2.44. The standard InChI is InChI=1S/C15H20N2O3/c1-3-15(2,9-16)14(20)17-7-11-5-4-10(13(18)19)6-12(11)8-17/h4-6H,3,7-9,16H2,1-2H3,(H,18,19). The summed E-state index contributed by atoms with van der Waals surface area (Å²) in [7, 11) is 0. The number of aromatic carboxylic acids is 1. The van der Waals surface area contributed by atoms with Crippen LogP contribution in [0.5, 0.6) is 0 Å². The second-order valence-corrected chi connectivity index (χ2v) is 5.57. The highest BCUT2D eigenvalue weighted by Gasteiger charge is 2.36. The average molecular weight is 276 g/mol. The van der Waals surface area contributed by atoms with Crippen LogP contribution < -0.4 is 5.73 Å². The Morgan fingerprint density at radius 3 is 2.55 bits per heavy atom. The molecule has 2 rings (SSSR count). The monoisotopic (exact) mass is 276 g/mol. The molecule has 0 aromatic heterocycles. The SMILES string of the molecule is CCC(C)(CN)C(=O)N1Cc2ccc(C(=O)O)cc2C1. The van der Waals surface area contributed by atoms with Crippen molar-refractivity contribution in [2.75, 3.05) is 6.54 Å². The lowest BCUT2D eigenvalue weighted by Crippen LogP contribution is -2.43. The van der Waals surface area contributed by atoms with E-state index >= 15 is 0 Å². The van der Waals surface area contributed by atoms with Crippen molar-refractivity contribution in [1.29, 1.82) is 0 Å². The Kier molecular flexibility index (Phi) is 3.81. The summed E-state index contributed by atoms with van der Waals surface area (Å²) in [6.45, 7) is 5.14. The molecule has 1 aliphatic heterocycles. The third-order valence-corrected chi connectivity index (χ3v) is 4.21. The molecule has 1 amide bonds. The zero-order valence-corrected chi connectivity index (χ0v) is 11.8. The van der Waals surface area contributed by atoms with E-state index in [1.54, 1.807) is 23.1 Å². The van der Waals surface area contributed by atoms with Gasteiger partial charge in [0, 0.05) is 19.6 Å². The van der Waals surface area contributed by atoms with Crippen molar-refractivity contribution in [3.63, 3.8) is 0 Å². The molecule has 1 heterocycles. The average Bonchev–Trinajstić information content (AvgIpc) is 2.88. The van der Waals surface area contributed by atoms with Crippen LogP contribution in [0.15, 0.2) is 18.2 Å². The van der Waals surface area contributed by atoms with Crippen molar-refractivity contribution in [3.05, 3.63) is 34.9 Å². The smallest absolute Gasteiger partial charge is 0.335 e. The van der Waals surface area contributed by atoms with Gasteiger partial charge < -0.3 is 15.7 Å². The summed E-state index contributed by atoms with van der Waals surface area (Å²) >= 11 is 0. The maximum Gasteiger partial charge on any atom is 0.335 e. The van der Waals surface area contributed by atoms with Crippen molar-refractivity contribution in [2.24, 2.45) is 11.1 Å². The Morgan fingerprint density at radius 2 is 2.00 bits per heavy atom.